The van der Waals surface area contributed by atoms with Crippen molar-refractivity contribution in [3.63, 3.8) is 0 Å². The standard InChI is InChI=1S/C11H11N3O2S/c1-17(15,16)14-11-8-7-10(12-13-11)9-5-3-2-4-6-9/h2-8H,1H3,(H,13,14). The Labute approximate surface area is 99.6 Å². The molecule has 0 unspecified atom stereocenters. The Balaban J connectivity index is 2.25. The molecule has 1 N–H and O–H groups in total. The topological polar surface area (TPSA) is 72.0 Å². The number of anilines is 1. The van der Waals surface area contributed by atoms with Gasteiger partial charge in [-0.1, -0.05) is 30.3 Å². The van der Waals surface area contributed by atoms with Crippen LogP contribution in [0.2, 0.25) is 0 Å². The fourth-order valence-electron chi connectivity index (χ4n) is 1.34. The molecule has 2 rings (SSSR count). The summed E-state index contributed by atoms with van der Waals surface area (Å²) in [6.45, 7) is 0. The lowest BCUT2D eigenvalue weighted by Gasteiger charge is -2.03. The van der Waals surface area contributed by atoms with Crippen molar-refractivity contribution in [1.29, 1.82) is 0 Å². The van der Waals surface area contributed by atoms with Gasteiger partial charge < -0.3 is 0 Å². The molecule has 0 amide bonds. The molecule has 0 aliphatic rings. The zero-order chi connectivity index (χ0) is 12.3. The molecule has 0 aliphatic heterocycles. The number of nitrogens with one attached hydrogen (secondary N) is 1. The second kappa shape index (κ2) is 4.50. The largest absolute Gasteiger partial charge is 0.266 e. The van der Waals surface area contributed by atoms with Gasteiger partial charge in [-0.15, -0.1) is 10.2 Å². The monoisotopic (exact) mass is 249 g/mol. The number of nitrogens with zero attached hydrogens (tertiary/aromatic N) is 2. The molecule has 1 aromatic carbocycles. The average Bonchev–Trinajstić information content (AvgIpc) is 2.29. The minimum Gasteiger partial charge on any atom is -0.266 e. The highest BCUT2D eigenvalue weighted by Crippen LogP contribution is 2.16. The van der Waals surface area contributed by atoms with Gasteiger partial charge in [0.2, 0.25) is 10.0 Å². The lowest BCUT2D eigenvalue weighted by Crippen LogP contribution is -2.11. The molecule has 1 aromatic heterocycles. The van der Waals surface area contributed by atoms with Gasteiger partial charge in [-0.25, -0.2) is 8.42 Å². The molecule has 0 aliphatic carbocycles. The van der Waals surface area contributed by atoms with Crippen LogP contribution >= 0.6 is 0 Å². The van der Waals surface area contributed by atoms with Gasteiger partial charge in [-0.3, -0.25) is 4.72 Å². The summed E-state index contributed by atoms with van der Waals surface area (Å²) in [6.07, 6.45) is 1.07. The molecule has 17 heavy (non-hydrogen) atoms. The van der Waals surface area contributed by atoms with Crippen LogP contribution in [-0.2, 0) is 10.0 Å². The van der Waals surface area contributed by atoms with E-state index in [1.807, 2.05) is 30.3 Å². The van der Waals surface area contributed by atoms with Crippen LogP contribution in [0.15, 0.2) is 42.5 Å². The van der Waals surface area contributed by atoms with E-state index in [-0.39, 0.29) is 5.82 Å². The summed E-state index contributed by atoms with van der Waals surface area (Å²) >= 11 is 0. The molecular weight excluding hydrogens is 238 g/mol. The van der Waals surface area contributed by atoms with Crippen LogP contribution in [0.1, 0.15) is 0 Å². The predicted molar refractivity (Wildman–Crippen MR) is 65.9 cm³/mol. The van der Waals surface area contributed by atoms with Crippen LogP contribution in [0, 0.1) is 0 Å². The van der Waals surface area contributed by atoms with Crippen LogP contribution in [0.3, 0.4) is 0 Å². The molecule has 0 atom stereocenters. The number of hydrogen-bond acceptors (Lipinski definition) is 4. The highest BCUT2D eigenvalue weighted by atomic mass is 32.2. The summed E-state index contributed by atoms with van der Waals surface area (Å²) in [5, 5.41) is 7.76. The van der Waals surface area contributed by atoms with Crippen molar-refractivity contribution in [2.45, 2.75) is 0 Å². The summed E-state index contributed by atoms with van der Waals surface area (Å²) < 4.78 is 24.2. The molecule has 0 spiro atoms. The zero-order valence-electron chi connectivity index (χ0n) is 9.16. The fourth-order valence-corrected chi connectivity index (χ4v) is 1.83. The number of sulfonamides is 1. The third kappa shape index (κ3) is 3.25. The predicted octanol–water partition coefficient (Wildman–Crippen LogP) is 1.52. The third-order valence-electron chi connectivity index (χ3n) is 2.02. The van der Waals surface area contributed by atoms with Gasteiger partial charge >= 0.3 is 0 Å². The lowest BCUT2D eigenvalue weighted by molar-refractivity contribution is 0.606. The first-order valence-corrected chi connectivity index (χ1v) is 6.81. The number of benzene rings is 1. The van der Waals surface area contributed by atoms with Crippen molar-refractivity contribution in [3.8, 4) is 11.3 Å². The molecule has 0 bridgehead atoms. The normalized spacial score (nSPS) is 11.1. The van der Waals surface area contributed by atoms with Gasteiger partial charge in [0.25, 0.3) is 0 Å². The first-order chi connectivity index (χ1) is 8.04. The SMILES string of the molecule is CS(=O)(=O)Nc1ccc(-c2ccccc2)nn1. The molecule has 5 nitrogen and oxygen atoms in total. The molecule has 88 valence electrons. The van der Waals surface area contributed by atoms with Crippen LogP contribution in [0.4, 0.5) is 5.82 Å². The van der Waals surface area contributed by atoms with E-state index >= 15 is 0 Å². The fraction of sp³-hybridized carbons (Fsp3) is 0.0909. The summed E-state index contributed by atoms with van der Waals surface area (Å²) in [4.78, 5) is 0. The van der Waals surface area contributed by atoms with Gasteiger partial charge in [0, 0.05) is 5.56 Å². The molecule has 0 radical (unpaired) electrons. The highest BCUT2D eigenvalue weighted by Gasteiger charge is 2.04. The number of aromatic nitrogens is 2. The number of hydrogen-bond donors (Lipinski definition) is 1. The van der Waals surface area contributed by atoms with Gasteiger partial charge in [-0.05, 0) is 12.1 Å². The van der Waals surface area contributed by atoms with E-state index in [1.165, 1.54) is 0 Å². The van der Waals surface area contributed by atoms with Gasteiger partial charge in [0.1, 0.15) is 0 Å². The Hall–Kier alpha value is -1.95. The van der Waals surface area contributed by atoms with E-state index in [2.05, 4.69) is 14.9 Å². The quantitative estimate of drug-likeness (QED) is 0.895. The van der Waals surface area contributed by atoms with Gasteiger partial charge in [-0.2, -0.15) is 0 Å². The molecule has 0 fully saturated rings. The third-order valence-corrected chi connectivity index (χ3v) is 2.60. The maximum absolute atomic E-state index is 11.0. The highest BCUT2D eigenvalue weighted by molar-refractivity contribution is 7.92. The lowest BCUT2D eigenvalue weighted by atomic mass is 10.1. The second-order valence-electron chi connectivity index (χ2n) is 3.54. The van der Waals surface area contributed by atoms with Crippen molar-refractivity contribution in [1.82, 2.24) is 10.2 Å². The Morgan fingerprint density at radius 1 is 1.00 bits per heavy atom. The van der Waals surface area contributed by atoms with E-state index in [0.29, 0.717) is 5.69 Å². The van der Waals surface area contributed by atoms with Crippen LogP contribution in [0.25, 0.3) is 11.3 Å². The molecular formula is C11H11N3O2S. The van der Waals surface area contributed by atoms with E-state index in [4.69, 9.17) is 0 Å². The van der Waals surface area contributed by atoms with E-state index < -0.39 is 10.0 Å². The van der Waals surface area contributed by atoms with Gasteiger partial charge in [0.05, 0.1) is 11.9 Å². The Kier molecular flexibility index (Phi) is 3.06. The van der Waals surface area contributed by atoms with Crippen LogP contribution < -0.4 is 4.72 Å². The molecule has 2 aromatic rings. The second-order valence-corrected chi connectivity index (χ2v) is 5.29. The Morgan fingerprint density at radius 2 is 1.71 bits per heavy atom. The number of rotatable bonds is 3. The molecule has 0 saturated carbocycles. The van der Waals surface area contributed by atoms with E-state index in [9.17, 15) is 8.42 Å². The first kappa shape index (κ1) is 11.5. The summed E-state index contributed by atoms with van der Waals surface area (Å²) in [5.74, 6) is 0.215. The first-order valence-electron chi connectivity index (χ1n) is 4.91. The minimum absolute atomic E-state index is 0.215. The van der Waals surface area contributed by atoms with Crippen LogP contribution in [-0.4, -0.2) is 24.9 Å². The molecule has 6 heteroatoms. The molecule has 1 heterocycles. The van der Waals surface area contributed by atoms with Gasteiger partial charge in [0.15, 0.2) is 5.82 Å². The minimum atomic E-state index is -3.31. The van der Waals surface area contributed by atoms with Crippen molar-refractivity contribution in [3.05, 3.63) is 42.5 Å². The average molecular weight is 249 g/mol. The Morgan fingerprint density at radius 3 is 2.24 bits per heavy atom. The van der Waals surface area contributed by atoms with E-state index in [1.54, 1.807) is 12.1 Å². The van der Waals surface area contributed by atoms with Crippen molar-refractivity contribution < 1.29 is 8.42 Å². The molecule has 0 saturated heterocycles. The van der Waals surface area contributed by atoms with Crippen molar-refractivity contribution in [2.24, 2.45) is 0 Å². The zero-order valence-corrected chi connectivity index (χ0v) is 9.98. The Bertz CT molecular complexity index is 594. The maximum atomic E-state index is 11.0. The van der Waals surface area contributed by atoms with Crippen molar-refractivity contribution in [2.75, 3.05) is 11.0 Å². The summed E-state index contributed by atoms with van der Waals surface area (Å²) in [5.41, 5.74) is 1.63. The van der Waals surface area contributed by atoms with E-state index in [0.717, 1.165) is 11.8 Å². The smallest absolute Gasteiger partial charge is 0.231 e. The van der Waals surface area contributed by atoms with Crippen LogP contribution in [0.5, 0.6) is 0 Å². The maximum Gasteiger partial charge on any atom is 0.231 e. The van der Waals surface area contributed by atoms with Crippen molar-refractivity contribution >= 4 is 15.8 Å². The summed E-state index contributed by atoms with van der Waals surface area (Å²) in [6, 6.07) is 12.8. The summed E-state index contributed by atoms with van der Waals surface area (Å²) in [7, 11) is -3.31.